The minimum absolute atomic E-state index is 0.0634. The molecule has 0 aliphatic heterocycles. The van der Waals surface area contributed by atoms with E-state index in [0.29, 0.717) is 22.0 Å². The van der Waals surface area contributed by atoms with Crippen molar-refractivity contribution in [1.82, 2.24) is 5.16 Å². The van der Waals surface area contributed by atoms with Crippen molar-refractivity contribution >= 4 is 62.4 Å². The molecule has 1 aromatic carbocycles. The van der Waals surface area contributed by atoms with Crippen molar-refractivity contribution in [2.75, 3.05) is 10.0 Å². The number of carbonyl (C=O) groups is 1. The van der Waals surface area contributed by atoms with Crippen LogP contribution in [0.25, 0.3) is 12.2 Å². The van der Waals surface area contributed by atoms with E-state index in [1.54, 1.807) is 25.1 Å². The van der Waals surface area contributed by atoms with Gasteiger partial charge >= 0.3 is 0 Å². The molecule has 0 bridgehead atoms. The number of nitrogens with one attached hydrogen (secondary N) is 2. The van der Waals surface area contributed by atoms with Gasteiger partial charge in [0, 0.05) is 11.8 Å². The standard InChI is InChI=1S/C18H15ClFN3O4S2/c1-10-18(21-11(2)24)16(27-22-10)7-4-13-5-8-17(28-13)29(25,26)23-12-3-6-15(20)14(19)9-12/h3-9,23H,1-2H3,(H,21,24)/b7-4+. The van der Waals surface area contributed by atoms with Crippen molar-refractivity contribution in [3.8, 4) is 0 Å². The van der Waals surface area contributed by atoms with Crippen LogP contribution in [-0.2, 0) is 14.8 Å². The molecule has 0 aliphatic carbocycles. The smallest absolute Gasteiger partial charge is 0.271 e. The van der Waals surface area contributed by atoms with E-state index in [1.807, 2.05) is 0 Å². The van der Waals surface area contributed by atoms with E-state index in [4.69, 9.17) is 16.1 Å². The molecule has 0 saturated heterocycles. The number of sulfonamides is 1. The van der Waals surface area contributed by atoms with Crippen LogP contribution >= 0.6 is 22.9 Å². The van der Waals surface area contributed by atoms with Crippen molar-refractivity contribution < 1.29 is 22.1 Å². The summed E-state index contributed by atoms with van der Waals surface area (Å²) < 4.78 is 45.9. The molecule has 0 atom stereocenters. The zero-order valence-corrected chi connectivity index (χ0v) is 17.6. The van der Waals surface area contributed by atoms with Crippen LogP contribution < -0.4 is 10.0 Å². The highest BCUT2D eigenvalue weighted by atomic mass is 35.5. The van der Waals surface area contributed by atoms with E-state index in [2.05, 4.69) is 15.2 Å². The summed E-state index contributed by atoms with van der Waals surface area (Å²) in [7, 11) is -3.86. The molecule has 0 fully saturated rings. The molecule has 7 nitrogen and oxygen atoms in total. The average molecular weight is 456 g/mol. The molecule has 0 saturated carbocycles. The lowest BCUT2D eigenvalue weighted by molar-refractivity contribution is -0.114. The number of thiophene rings is 1. The van der Waals surface area contributed by atoms with Crippen LogP contribution in [0.4, 0.5) is 15.8 Å². The quantitative estimate of drug-likeness (QED) is 0.557. The third-order valence-electron chi connectivity index (χ3n) is 3.63. The lowest BCUT2D eigenvalue weighted by atomic mass is 10.2. The number of halogens is 2. The first-order chi connectivity index (χ1) is 13.7. The molecule has 3 rings (SSSR count). The highest BCUT2D eigenvalue weighted by Gasteiger charge is 2.18. The molecule has 0 radical (unpaired) electrons. The van der Waals surface area contributed by atoms with E-state index >= 15 is 0 Å². The average Bonchev–Trinajstić information content (AvgIpc) is 3.24. The number of benzene rings is 1. The summed E-state index contributed by atoms with van der Waals surface area (Å²) in [6.45, 7) is 3.06. The van der Waals surface area contributed by atoms with Crippen molar-refractivity contribution in [3.63, 3.8) is 0 Å². The summed E-state index contributed by atoms with van der Waals surface area (Å²) >= 11 is 6.70. The number of amides is 1. The Bertz CT molecular complexity index is 1200. The number of rotatable bonds is 6. The van der Waals surface area contributed by atoms with Crippen LogP contribution in [0.3, 0.4) is 0 Å². The topological polar surface area (TPSA) is 101 Å². The van der Waals surface area contributed by atoms with Gasteiger partial charge in [-0.05, 0) is 49.4 Å². The normalized spacial score (nSPS) is 11.7. The van der Waals surface area contributed by atoms with Gasteiger partial charge in [-0.25, -0.2) is 12.8 Å². The zero-order valence-electron chi connectivity index (χ0n) is 15.2. The number of aromatic nitrogens is 1. The summed E-state index contributed by atoms with van der Waals surface area (Å²) in [5, 5.41) is 6.26. The van der Waals surface area contributed by atoms with E-state index in [9.17, 15) is 17.6 Å². The maximum atomic E-state index is 13.2. The van der Waals surface area contributed by atoms with Gasteiger partial charge in [-0.3, -0.25) is 9.52 Å². The fraction of sp³-hybridized carbons (Fsp3) is 0.111. The molecule has 0 unspecified atom stereocenters. The monoisotopic (exact) mass is 455 g/mol. The first kappa shape index (κ1) is 21.0. The van der Waals surface area contributed by atoms with Gasteiger partial charge in [0.25, 0.3) is 10.0 Å². The lowest BCUT2D eigenvalue weighted by Gasteiger charge is -2.06. The first-order valence-corrected chi connectivity index (χ1v) is 10.8. The lowest BCUT2D eigenvalue weighted by Crippen LogP contribution is -2.11. The number of aryl methyl sites for hydroxylation is 1. The van der Waals surface area contributed by atoms with Gasteiger partial charge in [-0.15, -0.1) is 11.3 Å². The number of anilines is 2. The first-order valence-electron chi connectivity index (χ1n) is 8.15. The fourth-order valence-electron chi connectivity index (χ4n) is 2.32. The predicted octanol–water partition coefficient (Wildman–Crippen LogP) is 4.77. The molecule has 11 heteroatoms. The van der Waals surface area contributed by atoms with Gasteiger partial charge in [0.15, 0.2) is 5.76 Å². The SMILES string of the molecule is CC(=O)Nc1c(C)noc1/C=C/c1ccc(S(=O)(=O)Nc2ccc(F)c(Cl)c2)s1. The maximum absolute atomic E-state index is 13.2. The molecule has 29 heavy (non-hydrogen) atoms. The Kier molecular flexibility index (Phi) is 6.06. The van der Waals surface area contributed by atoms with Gasteiger partial charge in [0.1, 0.15) is 21.4 Å². The fourth-order valence-corrected chi connectivity index (χ4v) is 4.78. The number of carbonyl (C=O) groups excluding carboxylic acids is 1. The molecule has 0 aliphatic rings. The van der Waals surface area contributed by atoms with E-state index in [1.165, 1.54) is 25.1 Å². The highest BCUT2D eigenvalue weighted by Crippen LogP contribution is 2.28. The van der Waals surface area contributed by atoms with Crippen molar-refractivity contribution in [2.45, 2.75) is 18.1 Å². The minimum atomic E-state index is -3.86. The Labute approximate surface area is 175 Å². The van der Waals surface area contributed by atoms with Gasteiger partial charge in [-0.2, -0.15) is 0 Å². The molecule has 2 N–H and O–H groups in total. The summed E-state index contributed by atoms with van der Waals surface area (Å²) in [4.78, 5) is 11.9. The van der Waals surface area contributed by atoms with Crippen LogP contribution in [0.15, 0.2) is 39.1 Å². The van der Waals surface area contributed by atoms with Crippen molar-refractivity contribution in [2.24, 2.45) is 0 Å². The number of hydrogen-bond acceptors (Lipinski definition) is 6. The van der Waals surface area contributed by atoms with Crippen LogP contribution in [-0.4, -0.2) is 19.5 Å². The summed E-state index contributed by atoms with van der Waals surface area (Å²) in [5.41, 5.74) is 1.13. The van der Waals surface area contributed by atoms with Gasteiger partial charge in [0.2, 0.25) is 5.91 Å². The maximum Gasteiger partial charge on any atom is 0.271 e. The van der Waals surface area contributed by atoms with E-state index < -0.39 is 15.8 Å². The predicted molar refractivity (Wildman–Crippen MR) is 111 cm³/mol. The van der Waals surface area contributed by atoms with Crippen LogP contribution in [0, 0.1) is 12.7 Å². The second-order valence-electron chi connectivity index (χ2n) is 5.91. The Hall–Kier alpha value is -2.69. The number of hydrogen-bond donors (Lipinski definition) is 2. The molecular weight excluding hydrogens is 441 g/mol. The zero-order chi connectivity index (χ0) is 21.2. The van der Waals surface area contributed by atoms with Crippen LogP contribution in [0.5, 0.6) is 0 Å². The Balaban J connectivity index is 1.79. The van der Waals surface area contributed by atoms with Crippen LogP contribution in [0.1, 0.15) is 23.3 Å². The van der Waals surface area contributed by atoms with E-state index in [-0.39, 0.29) is 20.8 Å². The molecule has 152 valence electrons. The van der Waals surface area contributed by atoms with Gasteiger partial charge in [-0.1, -0.05) is 16.8 Å². The molecule has 0 spiro atoms. The van der Waals surface area contributed by atoms with Crippen LogP contribution in [0.2, 0.25) is 5.02 Å². The molecule has 2 heterocycles. The minimum Gasteiger partial charge on any atom is -0.354 e. The largest absolute Gasteiger partial charge is 0.354 e. The summed E-state index contributed by atoms with van der Waals surface area (Å²) in [6.07, 6.45) is 3.23. The van der Waals surface area contributed by atoms with Gasteiger partial charge in [0.05, 0.1) is 10.7 Å². The third-order valence-corrected chi connectivity index (χ3v) is 6.84. The van der Waals surface area contributed by atoms with Crippen molar-refractivity contribution in [1.29, 1.82) is 0 Å². The Morgan fingerprint density at radius 1 is 1.28 bits per heavy atom. The summed E-state index contributed by atoms with van der Waals surface area (Å²) in [6, 6.07) is 6.61. The summed E-state index contributed by atoms with van der Waals surface area (Å²) in [5.74, 6) is -0.559. The Morgan fingerprint density at radius 2 is 2.03 bits per heavy atom. The third kappa shape index (κ3) is 5.03. The second kappa shape index (κ2) is 8.36. The molecule has 1 amide bonds. The molecule has 2 aromatic heterocycles. The molecule has 3 aromatic rings. The Morgan fingerprint density at radius 3 is 2.72 bits per heavy atom. The van der Waals surface area contributed by atoms with Crippen molar-refractivity contribution in [3.05, 3.63) is 57.5 Å². The number of nitrogens with zero attached hydrogens (tertiary/aromatic N) is 1. The van der Waals surface area contributed by atoms with Gasteiger partial charge < -0.3 is 9.84 Å². The highest BCUT2D eigenvalue weighted by molar-refractivity contribution is 7.94. The second-order valence-corrected chi connectivity index (χ2v) is 9.34. The van der Waals surface area contributed by atoms with E-state index in [0.717, 1.165) is 17.4 Å². The molecular formula is C18H15ClFN3O4S2.